The zero-order chi connectivity index (χ0) is 15.5. The van der Waals surface area contributed by atoms with Gasteiger partial charge in [0.2, 0.25) is 10.0 Å². The molecule has 118 valence electrons. The highest BCUT2D eigenvalue weighted by Gasteiger charge is 2.36. The van der Waals surface area contributed by atoms with Crippen LogP contribution in [0.2, 0.25) is 0 Å². The van der Waals surface area contributed by atoms with E-state index < -0.39 is 10.0 Å². The quantitative estimate of drug-likeness (QED) is 0.908. The molecule has 0 aliphatic carbocycles. The Bertz CT molecular complexity index is 564. The second kappa shape index (κ2) is 6.75. The Morgan fingerprint density at radius 3 is 2.62 bits per heavy atom. The predicted molar refractivity (Wildman–Crippen MR) is 84.8 cm³/mol. The maximum atomic E-state index is 13.0. The summed E-state index contributed by atoms with van der Waals surface area (Å²) < 4.78 is 27.7. The summed E-state index contributed by atoms with van der Waals surface area (Å²) in [4.78, 5) is 4.31. The summed E-state index contributed by atoms with van der Waals surface area (Å²) >= 11 is 0. The van der Waals surface area contributed by atoms with Crippen LogP contribution >= 0.6 is 0 Å². The van der Waals surface area contributed by atoms with Gasteiger partial charge in [-0.05, 0) is 39.2 Å². The lowest BCUT2D eigenvalue weighted by molar-refractivity contribution is 0.204. The van der Waals surface area contributed by atoms with Crippen LogP contribution in [-0.2, 0) is 10.0 Å². The zero-order valence-corrected chi connectivity index (χ0v) is 13.9. The van der Waals surface area contributed by atoms with Crippen LogP contribution < -0.4 is 5.32 Å². The van der Waals surface area contributed by atoms with Gasteiger partial charge in [-0.15, -0.1) is 0 Å². The number of aromatic nitrogens is 1. The molecule has 0 aromatic carbocycles. The number of rotatable bonds is 5. The van der Waals surface area contributed by atoms with E-state index in [1.54, 1.807) is 16.6 Å². The first-order valence-electron chi connectivity index (χ1n) is 7.70. The van der Waals surface area contributed by atoms with Crippen LogP contribution in [0.1, 0.15) is 46.5 Å². The molecule has 0 bridgehead atoms. The van der Waals surface area contributed by atoms with Gasteiger partial charge in [-0.1, -0.05) is 13.3 Å². The zero-order valence-electron chi connectivity index (χ0n) is 13.0. The molecule has 2 rings (SSSR count). The Hall–Kier alpha value is -1.14. The van der Waals surface area contributed by atoms with E-state index in [0.717, 1.165) is 32.2 Å². The topological polar surface area (TPSA) is 62.3 Å². The van der Waals surface area contributed by atoms with Crippen molar-refractivity contribution in [2.24, 2.45) is 0 Å². The number of nitrogens with zero attached hydrogens (tertiary/aromatic N) is 2. The molecular formula is C15H25N3O2S. The van der Waals surface area contributed by atoms with Crippen molar-refractivity contribution in [3.63, 3.8) is 0 Å². The standard InChI is InChI=1S/C15H25N3O2S/c1-4-9-17-14-8-10-16-11-15(14)21(19,20)18-12(2)6-5-7-13(18)3/h8,10-13H,4-7,9H2,1-3H3,(H,16,17). The Labute approximate surface area is 127 Å². The molecule has 5 nitrogen and oxygen atoms in total. The van der Waals surface area contributed by atoms with Gasteiger partial charge < -0.3 is 5.32 Å². The molecule has 0 radical (unpaired) electrons. The van der Waals surface area contributed by atoms with E-state index in [1.165, 1.54) is 6.20 Å². The second-order valence-corrected chi connectivity index (χ2v) is 7.57. The highest BCUT2D eigenvalue weighted by atomic mass is 32.2. The SMILES string of the molecule is CCCNc1ccncc1S(=O)(=O)N1C(C)CCCC1C. The smallest absolute Gasteiger partial charge is 0.247 e. The van der Waals surface area contributed by atoms with Crippen LogP contribution in [0.15, 0.2) is 23.4 Å². The summed E-state index contributed by atoms with van der Waals surface area (Å²) in [6, 6.07) is 1.82. The van der Waals surface area contributed by atoms with Crippen molar-refractivity contribution in [2.75, 3.05) is 11.9 Å². The highest BCUT2D eigenvalue weighted by molar-refractivity contribution is 7.89. The third-order valence-electron chi connectivity index (χ3n) is 4.02. The molecule has 2 unspecified atom stereocenters. The molecule has 0 spiro atoms. The largest absolute Gasteiger partial charge is 0.384 e. The Balaban J connectivity index is 2.39. The molecule has 1 aliphatic heterocycles. The fourth-order valence-corrected chi connectivity index (χ4v) is 4.97. The number of nitrogens with one attached hydrogen (secondary N) is 1. The first-order valence-corrected chi connectivity index (χ1v) is 9.14. The summed E-state index contributed by atoms with van der Waals surface area (Å²) in [6.45, 7) is 6.78. The minimum Gasteiger partial charge on any atom is -0.384 e. The number of hydrogen-bond donors (Lipinski definition) is 1. The van der Waals surface area contributed by atoms with Gasteiger partial charge in [0, 0.05) is 31.0 Å². The molecule has 1 fully saturated rings. The van der Waals surface area contributed by atoms with Crippen LogP contribution in [-0.4, -0.2) is 36.3 Å². The minimum atomic E-state index is -3.51. The van der Waals surface area contributed by atoms with E-state index in [-0.39, 0.29) is 12.1 Å². The van der Waals surface area contributed by atoms with Crippen molar-refractivity contribution in [1.29, 1.82) is 0 Å². The lowest BCUT2D eigenvalue weighted by Gasteiger charge is -2.37. The summed E-state index contributed by atoms with van der Waals surface area (Å²) in [5, 5.41) is 3.19. The highest BCUT2D eigenvalue weighted by Crippen LogP contribution is 2.32. The minimum absolute atomic E-state index is 0.0398. The van der Waals surface area contributed by atoms with E-state index >= 15 is 0 Å². The fraction of sp³-hybridized carbons (Fsp3) is 0.667. The molecule has 2 atom stereocenters. The first-order chi connectivity index (χ1) is 9.98. The number of hydrogen-bond acceptors (Lipinski definition) is 4. The molecule has 2 heterocycles. The summed E-state index contributed by atoms with van der Waals surface area (Å²) in [6.07, 6.45) is 6.95. The normalized spacial score (nSPS) is 24.0. The second-order valence-electron chi connectivity index (χ2n) is 5.76. The Morgan fingerprint density at radius 1 is 1.33 bits per heavy atom. The van der Waals surface area contributed by atoms with Crippen LogP contribution in [0.5, 0.6) is 0 Å². The summed E-state index contributed by atoms with van der Waals surface area (Å²) in [5.41, 5.74) is 0.650. The van der Waals surface area contributed by atoms with Gasteiger partial charge in [0.1, 0.15) is 4.90 Å². The Morgan fingerprint density at radius 2 is 2.00 bits per heavy atom. The monoisotopic (exact) mass is 311 g/mol. The molecule has 1 aromatic rings. The van der Waals surface area contributed by atoms with Gasteiger partial charge in [-0.2, -0.15) is 4.31 Å². The molecule has 0 amide bonds. The summed E-state index contributed by atoms with van der Waals surface area (Å²) in [5.74, 6) is 0. The maximum Gasteiger partial charge on any atom is 0.247 e. The van der Waals surface area contributed by atoms with Gasteiger partial charge in [-0.3, -0.25) is 4.98 Å². The molecule has 1 aliphatic rings. The van der Waals surface area contributed by atoms with Crippen molar-refractivity contribution >= 4 is 15.7 Å². The van der Waals surface area contributed by atoms with E-state index in [2.05, 4.69) is 17.2 Å². The van der Waals surface area contributed by atoms with Crippen molar-refractivity contribution in [2.45, 2.75) is 63.4 Å². The number of sulfonamides is 1. The predicted octanol–water partition coefficient (Wildman–Crippen LogP) is 2.86. The van der Waals surface area contributed by atoms with Crippen molar-refractivity contribution in [3.8, 4) is 0 Å². The van der Waals surface area contributed by atoms with Gasteiger partial charge >= 0.3 is 0 Å². The first kappa shape index (κ1) is 16.2. The maximum absolute atomic E-state index is 13.0. The fourth-order valence-electron chi connectivity index (χ4n) is 2.98. The van der Waals surface area contributed by atoms with Crippen LogP contribution in [0.4, 0.5) is 5.69 Å². The number of pyridine rings is 1. The molecule has 1 aromatic heterocycles. The molecular weight excluding hydrogens is 286 g/mol. The third-order valence-corrected chi connectivity index (χ3v) is 6.17. The number of anilines is 1. The van der Waals surface area contributed by atoms with Gasteiger partial charge in [0.25, 0.3) is 0 Å². The van der Waals surface area contributed by atoms with E-state index in [9.17, 15) is 8.42 Å². The van der Waals surface area contributed by atoms with Crippen LogP contribution in [0.3, 0.4) is 0 Å². The number of piperidine rings is 1. The van der Waals surface area contributed by atoms with Crippen molar-refractivity contribution in [1.82, 2.24) is 9.29 Å². The molecule has 1 saturated heterocycles. The van der Waals surface area contributed by atoms with Crippen molar-refractivity contribution in [3.05, 3.63) is 18.5 Å². The molecule has 6 heteroatoms. The van der Waals surface area contributed by atoms with E-state index in [0.29, 0.717) is 10.6 Å². The van der Waals surface area contributed by atoms with Gasteiger partial charge in [-0.25, -0.2) is 8.42 Å². The van der Waals surface area contributed by atoms with E-state index in [1.807, 2.05) is 13.8 Å². The Kier molecular flexibility index (Phi) is 5.22. The third kappa shape index (κ3) is 3.37. The van der Waals surface area contributed by atoms with Crippen LogP contribution in [0.25, 0.3) is 0 Å². The van der Waals surface area contributed by atoms with Crippen molar-refractivity contribution < 1.29 is 8.42 Å². The molecule has 21 heavy (non-hydrogen) atoms. The lowest BCUT2D eigenvalue weighted by atomic mass is 10.0. The molecule has 1 N–H and O–H groups in total. The lowest BCUT2D eigenvalue weighted by Crippen LogP contribution is -2.47. The van der Waals surface area contributed by atoms with Crippen LogP contribution in [0, 0.1) is 0 Å². The van der Waals surface area contributed by atoms with Gasteiger partial charge in [0.15, 0.2) is 0 Å². The van der Waals surface area contributed by atoms with Gasteiger partial charge in [0.05, 0.1) is 5.69 Å². The van der Waals surface area contributed by atoms with E-state index in [4.69, 9.17) is 0 Å². The average molecular weight is 311 g/mol. The average Bonchev–Trinajstić information content (AvgIpc) is 2.45. The molecule has 0 saturated carbocycles. The summed E-state index contributed by atoms with van der Waals surface area (Å²) in [7, 11) is -3.51.